The third-order valence-corrected chi connectivity index (χ3v) is 7.81. The molecule has 1 aromatic carbocycles. The van der Waals surface area contributed by atoms with Gasteiger partial charge in [0.25, 0.3) is 0 Å². The molecule has 2 aromatic rings. The van der Waals surface area contributed by atoms with Gasteiger partial charge in [0.1, 0.15) is 10.6 Å². The van der Waals surface area contributed by atoms with Crippen LogP contribution < -0.4 is 4.74 Å². The highest BCUT2D eigenvalue weighted by molar-refractivity contribution is 7.11. The first-order valence-corrected chi connectivity index (χ1v) is 11.7. The predicted octanol–water partition coefficient (Wildman–Crippen LogP) is 4.83. The van der Waals surface area contributed by atoms with Gasteiger partial charge in [-0.25, -0.2) is 9.37 Å². The zero-order chi connectivity index (χ0) is 20.3. The Morgan fingerprint density at radius 2 is 2.00 bits per heavy atom. The maximum atomic E-state index is 13.7. The second-order valence-corrected chi connectivity index (χ2v) is 9.50. The lowest BCUT2D eigenvalue weighted by Gasteiger charge is -2.28. The number of aryl methyl sites for hydroxylation is 1. The Morgan fingerprint density at radius 3 is 2.79 bits per heavy atom. The molecule has 1 aliphatic carbocycles. The average Bonchev–Trinajstić information content (AvgIpc) is 3.32. The fraction of sp³-hybridized carbons (Fsp3) is 0.609. The van der Waals surface area contributed by atoms with Crippen molar-refractivity contribution in [3.05, 3.63) is 45.7 Å². The molecule has 1 saturated heterocycles. The summed E-state index contributed by atoms with van der Waals surface area (Å²) in [6, 6.07) is 7.18. The summed E-state index contributed by atoms with van der Waals surface area (Å²) in [6.07, 6.45) is 8.50. The molecule has 0 bridgehead atoms. The smallest absolute Gasteiger partial charge is 0.165 e. The first-order valence-electron chi connectivity index (χ1n) is 10.9. The van der Waals surface area contributed by atoms with Crippen LogP contribution in [0.1, 0.15) is 60.5 Å². The van der Waals surface area contributed by atoms with Crippen LogP contribution in [-0.4, -0.2) is 40.7 Å². The maximum Gasteiger partial charge on any atom is 0.165 e. The second-order valence-electron chi connectivity index (χ2n) is 8.42. The Labute approximate surface area is 176 Å². The van der Waals surface area contributed by atoms with Crippen LogP contribution in [0.3, 0.4) is 0 Å². The van der Waals surface area contributed by atoms with Gasteiger partial charge in [-0.15, -0.1) is 11.3 Å². The van der Waals surface area contributed by atoms with Gasteiger partial charge in [-0.05, 0) is 57.7 Å². The molecule has 4 nitrogen and oxygen atoms in total. The summed E-state index contributed by atoms with van der Waals surface area (Å²) in [5.41, 5.74) is 0.125. The van der Waals surface area contributed by atoms with E-state index in [1.165, 1.54) is 31.7 Å². The van der Waals surface area contributed by atoms with Crippen molar-refractivity contribution in [1.29, 1.82) is 0 Å². The molecule has 29 heavy (non-hydrogen) atoms. The van der Waals surface area contributed by atoms with E-state index in [9.17, 15) is 9.50 Å². The monoisotopic (exact) mass is 418 g/mol. The second kappa shape index (κ2) is 9.11. The van der Waals surface area contributed by atoms with Crippen molar-refractivity contribution in [2.75, 3.05) is 19.7 Å². The van der Waals surface area contributed by atoms with Crippen LogP contribution in [0.15, 0.2) is 24.3 Å². The van der Waals surface area contributed by atoms with E-state index in [1.54, 1.807) is 29.5 Å². The number of aliphatic hydroxyl groups is 1. The van der Waals surface area contributed by atoms with E-state index in [1.807, 2.05) is 6.92 Å². The standard InChI is InChI=1S/C23H31FN2O2S/c1-17-21(11-16-28-20-10-5-4-9-19(20)24)29-22(25-17)23(27)12-6-14-26(15-13-23)18-7-2-3-8-18/h4-5,9-10,18,27H,2-3,6-8,11-16H2,1H3. The van der Waals surface area contributed by atoms with Crippen LogP contribution in [0.2, 0.25) is 0 Å². The van der Waals surface area contributed by atoms with Crippen LogP contribution in [0.25, 0.3) is 0 Å². The molecule has 0 radical (unpaired) electrons. The van der Waals surface area contributed by atoms with Gasteiger partial charge < -0.3 is 14.7 Å². The highest BCUT2D eigenvalue weighted by Crippen LogP contribution is 2.38. The molecule has 2 heterocycles. The fourth-order valence-corrected chi connectivity index (χ4v) is 5.85. The molecular weight excluding hydrogens is 387 g/mol. The normalized spacial score (nSPS) is 24.0. The maximum absolute atomic E-state index is 13.7. The van der Waals surface area contributed by atoms with E-state index in [4.69, 9.17) is 9.72 Å². The number of benzene rings is 1. The summed E-state index contributed by atoms with van der Waals surface area (Å²) < 4.78 is 19.3. The van der Waals surface area contributed by atoms with Gasteiger partial charge in [-0.3, -0.25) is 0 Å². The lowest BCUT2D eigenvalue weighted by Crippen LogP contribution is -2.35. The van der Waals surface area contributed by atoms with E-state index in [0.717, 1.165) is 47.9 Å². The largest absolute Gasteiger partial charge is 0.490 e. The van der Waals surface area contributed by atoms with Gasteiger partial charge in [0.2, 0.25) is 0 Å². The van der Waals surface area contributed by atoms with E-state index < -0.39 is 5.60 Å². The molecular formula is C23H31FN2O2S. The van der Waals surface area contributed by atoms with Gasteiger partial charge in [0, 0.05) is 23.9 Å². The first-order chi connectivity index (χ1) is 14.0. The third-order valence-electron chi connectivity index (χ3n) is 6.40. The van der Waals surface area contributed by atoms with Crippen molar-refractivity contribution in [1.82, 2.24) is 9.88 Å². The average molecular weight is 419 g/mol. The molecule has 2 fully saturated rings. The minimum absolute atomic E-state index is 0.282. The Hall–Kier alpha value is -1.50. The number of aromatic nitrogens is 1. The molecule has 0 spiro atoms. The van der Waals surface area contributed by atoms with E-state index in [2.05, 4.69) is 4.90 Å². The van der Waals surface area contributed by atoms with Crippen LogP contribution in [-0.2, 0) is 12.0 Å². The molecule has 1 aliphatic heterocycles. The Balaban J connectivity index is 1.38. The summed E-state index contributed by atoms with van der Waals surface area (Å²) in [6.45, 7) is 4.42. The SMILES string of the molecule is Cc1nc(C2(O)CCCN(C3CCCC3)CC2)sc1CCOc1ccccc1F. The van der Waals surface area contributed by atoms with Crippen molar-refractivity contribution in [2.24, 2.45) is 0 Å². The quantitative estimate of drug-likeness (QED) is 0.730. The summed E-state index contributed by atoms with van der Waals surface area (Å²) in [5, 5.41) is 12.2. The zero-order valence-corrected chi connectivity index (χ0v) is 18.0. The minimum Gasteiger partial charge on any atom is -0.490 e. The number of hydrogen-bond acceptors (Lipinski definition) is 5. The van der Waals surface area contributed by atoms with Gasteiger partial charge in [0.05, 0.1) is 12.3 Å². The minimum atomic E-state index is -0.826. The molecule has 0 amide bonds. The highest BCUT2D eigenvalue weighted by atomic mass is 32.1. The summed E-state index contributed by atoms with van der Waals surface area (Å²) in [5.74, 6) is -0.0573. The Bertz CT molecular complexity index is 821. The van der Waals surface area contributed by atoms with Crippen molar-refractivity contribution < 1.29 is 14.2 Å². The van der Waals surface area contributed by atoms with E-state index in [0.29, 0.717) is 19.1 Å². The lowest BCUT2D eigenvalue weighted by molar-refractivity contribution is 0.0196. The van der Waals surface area contributed by atoms with Gasteiger partial charge in [-0.1, -0.05) is 25.0 Å². The number of ether oxygens (including phenoxy) is 1. The fourth-order valence-electron chi connectivity index (χ4n) is 4.66. The molecule has 4 rings (SSSR count). The number of para-hydroxylation sites is 1. The molecule has 1 N–H and O–H groups in total. The number of likely N-dealkylation sites (tertiary alicyclic amines) is 1. The topological polar surface area (TPSA) is 45.6 Å². The lowest BCUT2D eigenvalue weighted by atomic mass is 9.96. The zero-order valence-electron chi connectivity index (χ0n) is 17.2. The molecule has 1 aromatic heterocycles. The molecule has 2 aliphatic rings. The third kappa shape index (κ3) is 4.81. The Morgan fingerprint density at radius 1 is 1.21 bits per heavy atom. The summed E-state index contributed by atoms with van der Waals surface area (Å²) >= 11 is 1.59. The number of thiazole rings is 1. The van der Waals surface area contributed by atoms with Crippen molar-refractivity contribution >= 4 is 11.3 Å². The van der Waals surface area contributed by atoms with Crippen LogP contribution in [0.4, 0.5) is 4.39 Å². The van der Waals surface area contributed by atoms with Crippen LogP contribution in [0, 0.1) is 12.7 Å². The number of nitrogens with zero attached hydrogens (tertiary/aromatic N) is 2. The predicted molar refractivity (Wildman–Crippen MR) is 114 cm³/mol. The van der Waals surface area contributed by atoms with Crippen LogP contribution >= 0.6 is 11.3 Å². The van der Waals surface area contributed by atoms with E-state index in [-0.39, 0.29) is 11.6 Å². The number of hydrogen-bond donors (Lipinski definition) is 1. The first kappa shape index (κ1) is 20.8. The molecule has 158 valence electrons. The van der Waals surface area contributed by atoms with Crippen LogP contribution in [0.5, 0.6) is 5.75 Å². The number of rotatable bonds is 6. The molecule has 1 atom stereocenters. The van der Waals surface area contributed by atoms with E-state index >= 15 is 0 Å². The van der Waals surface area contributed by atoms with Gasteiger partial charge >= 0.3 is 0 Å². The van der Waals surface area contributed by atoms with Gasteiger partial charge in [0.15, 0.2) is 11.6 Å². The molecule has 6 heteroatoms. The molecule has 1 saturated carbocycles. The summed E-state index contributed by atoms with van der Waals surface area (Å²) in [4.78, 5) is 8.44. The van der Waals surface area contributed by atoms with Gasteiger partial charge in [-0.2, -0.15) is 0 Å². The molecule has 1 unspecified atom stereocenters. The Kier molecular flexibility index (Phi) is 6.52. The summed E-state index contributed by atoms with van der Waals surface area (Å²) in [7, 11) is 0. The highest BCUT2D eigenvalue weighted by Gasteiger charge is 2.37. The van der Waals surface area contributed by atoms with Crippen molar-refractivity contribution in [3.8, 4) is 5.75 Å². The number of halogens is 1. The van der Waals surface area contributed by atoms with Crippen molar-refractivity contribution in [2.45, 2.75) is 69.9 Å². The van der Waals surface area contributed by atoms with Crippen molar-refractivity contribution in [3.63, 3.8) is 0 Å².